The van der Waals surface area contributed by atoms with Crippen molar-refractivity contribution in [2.24, 2.45) is 35.0 Å². The van der Waals surface area contributed by atoms with Gasteiger partial charge >= 0.3 is 5.97 Å². The summed E-state index contributed by atoms with van der Waals surface area (Å²) in [6.45, 7) is 8.73. The van der Waals surface area contributed by atoms with Gasteiger partial charge < -0.3 is 4.74 Å². The largest absolute Gasteiger partial charge is 0.463 e. The molecule has 4 atom stereocenters. The van der Waals surface area contributed by atoms with Crippen LogP contribution in [0.25, 0.3) is 0 Å². The molecular formula is C31H28Cl2N2O6. The van der Waals surface area contributed by atoms with Crippen molar-refractivity contribution in [2.75, 3.05) is 16.4 Å². The molecule has 4 amide bonds. The fourth-order valence-electron chi connectivity index (χ4n) is 7.76. The SMILES string of the molecule is CCOC(=O)C1=C(C)C2[C@@H]3C(=O)N(c4ccc(C)c(Cl)c4)C(=O)[C@@H]3C1(C)[C@H]1C(=O)N(c3ccc(C)c(Cl)c3)C(=O)[C@@H]21. The van der Waals surface area contributed by atoms with E-state index in [0.29, 0.717) is 27.0 Å². The lowest BCUT2D eigenvalue weighted by molar-refractivity contribution is -0.155. The second-order valence-corrected chi connectivity index (χ2v) is 12.3. The molecule has 3 aliphatic carbocycles. The van der Waals surface area contributed by atoms with Crippen molar-refractivity contribution in [1.82, 2.24) is 0 Å². The van der Waals surface area contributed by atoms with Gasteiger partial charge in [0, 0.05) is 27.0 Å². The zero-order chi connectivity index (χ0) is 29.7. The summed E-state index contributed by atoms with van der Waals surface area (Å²) < 4.78 is 5.42. The maximum Gasteiger partial charge on any atom is 0.334 e. The van der Waals surface area contributed by atoms with Crippen molar-refractivity contribution in [2.45, 2.75) is 34.6 Å². The predicted molar refractivity (Wildman–Crippen MR) is 152 cm³/mol. The molecule has 10 heteroatoms. The Morgan fingerprint density at radius 2 is 1.22 bits per heavy atom. The maximum atomic E-state index is 14.2. The Hall–Kier alpha value is -3.49. The second kappa shape index (κ2) is 9.26. The van der Waals surface area contributed by atoms with Gasteiger partial charge in [-0.15, -0.1) is 0 Å². The van der Waals surface area contributed by atoms with Crippen LogP contribution in [0.3, 0.4) is 0 Å². The van der Waals surface area contributed by atoms with Gasteiger partial charge in [-0.05, 0) is 63.1 Å². The molecule has 0 radical (unpaired) electrons. The van der Waals surface area contributed by atoms with Gasteiger partial charge in [0.2, 0.25) is 23.6 Å². The number of hydrogen-bond donors (Lipinski definition) is 0. The quantitative estimate of drug-likeness (QED) is 0.362. The third-order valence-corrected chi connectivity index (χ3v) is 10.3. The Balaban J connectivity index is 1.54. The van der Waals surface area contributed by atoms with E-state index in [1.54, 1.807) is 57.2 Å². The molecule has 2 aromatic carbocycles. The van der Waals surface area contributed by atoms with E-state index in [4.69, 9.17) is 27.9 Å². The molecule has 2 bridgehead atoms. The van der Waals surface area contributed by atoms with Gasteiger partial charge in [-0.1, -0.05) is 47.8 Å². The first-order valence-corrected chi connectivity index (χ1v) is 14.3. The fraction of sp³-hybridized carbons (Fsp3) is 0.387. The van der Waals surface area contributed by atoms with Gasteiger partial charge in [0.15, 0.2) is 0 Å². The van der Waals surface area contributed by atoms with Crippen molar-refractivity contribution in [3.63, 3.8) is 0 Å². The van der Waals surface area contributed by atoms with Gasteiger partial charge in [0.05, 0.1) is 41.7 Å². The number of esters is 1. The molecule has 0 N–H and O–H groups in total. The smallest absolute Gasteiger partial charge is 0.334 e. The minimum absolute atomic E-state index is 0.0836. The fourth-order valence-corrected chi connectivity index (χ4v) is 8.11. The Kier molecular flexibility index (Phi) is 6.25. The van der Waals surface area contributed by atoms with E-state index in [1.165, 1.54) is 0 Å². The number of hydrogen-bond acceptors (Lipinski definition) is 6. The molecule has 41 heavy (non-hydrogen) atoms. The van der Waals surface area contributed by atoms with Gasteiger partial charge in [-0.25, -0.2) is 14.6 Å². The molecule has 8 nitrogen and oxygen atoms in total. The van der Waals surface area contributed by atoms with E-state index in [9.17, 15) is 24.0 Å². The topological polar surface area (TPSA) is 101 Å². The van der Waals surface area contributed by atoms with Gasteiger partial charge in [0.25, 0.3) is 0 Å². The summed E-state index contributed by atoms with van der Waals surface area (Å²) in [4.78, 5) is 72.4. The van der Waals surface area contributed by atoms with Crippen LogP contribution in [0.1, 0.15) is 31.9 Å². The Bertz CT molecular complexity index is 1530. The average Bonchev–Trinajstić information content (AvgIpc) is 3.34. The molecule has 2 aromatic rings. The normalized spacial score (nSPS) is 30.4. The first-order chi connectivity index (χ1) is 19.4. The number of halogens is 2. The minimum atomic E-state index is -1.48. The predicted octanol–water partition coefficient (Wildman–Crippen LogP) is 5.05. The van der Waals surface area contributed by atoms with E-state index in [-0.39, 0.29) is 12.2 Å². The van der Waals surface area contributed by atoms with E-state index >= 15 is 0 Å². The van der Waals surface area contributed by atoms with E-state index in [1.807, 2.05) is 13.8 Å². The Labute approximate surface area is 247 Å². The number of amides is 4. The number of carbonyl (C=O) groups is 5. The van der Waals surface area contributed by atoms with Crippen LogP contribution in [0.2, 0.25) is 10.0 Å². The van der Waals surface area contributed by atoms with Crippen LogP contribution >= 0.6 is 23.2 Å². The van der Waals surface area contributed by atoms with E-state index in [2.05, 4.69) is 0 Å². The number of carbonyl (C=O) groups excluding carboxylic acids is 5. The van der Waals surface area contributed by atoms with Crippen molar-refractivity contribution >= 4 is 64.2 Å². The monoisotopic (exact) mass is 594 g/mol. The highest BCUT2D eigenvalue weighted by Crippen LogP contribution is 2.68. The van der Waals surface area contributed by atoms with Gasteiger partial charge in [-0.3, -0.25) is 19.2 Å². The number of anilines is 2. The highest BCUT2D eigenvalue weighted by atomic mass is 35.5. The lowest BCUT2D eigenvalue weighted by Gasteiger charge is -2.55. The lowest BCUT2D eigenvalue weighted by Crippen LogP contribution is -2.61. The number of allylic oxidation sites excluding steroid dienone is 1. The molecule has 5 aliphatic rings. The summed E-state index contributed by atoms with van der Waals surface area (Å²) in [5.41, 5.74) is 1.40. The molecule has 2 saturated heterocycles. The molecule has 0 unspecified atom stereocenters. The minimum Gasteiger partial charge on any atom is -0.463 e. The number of rotatable bonds is 4. The van der Waals surface area contributed by atoms with Gasteiger partial charge in [-0.2, -0.15) is 0 Å². The zero-order valence-electron chi connectivity index (χ0n) is 23.2. The van der Waals surface area contributed by atoms with Crippen molar-refractivity contribution < 1.29 is 28.7 Å². The number of ether oxygens (including phenoxy) is 1. The average molecular weight is 595 g/mol. The van der Waals surface area contributed by atoms with Crippen LogP contribution in [0.5, 0.6) is 0 Å². The summed E-state index contributed by atoms with van der Waals surface area (Å²) in [6.07, 6.45) is 0. The number of imide groups is 2. The molecule has 2 heterocycles. The molecule has 0 spiro atoms. The van der Waals surface area contributed by atoms with E-state index in [0.717, 1.165) is 20.9 Å². The van der Waals surface area contributed by atoms with Gasteiger partial charge in [0.1, 0.15) is 0 Å². The summed E-state index contributed by atoms with van der Waals surface area (Å²) in [5, 5.41) is 0.784. The first-order valence-electron chi connectivity index (χ1n) is 13.5. The third kappa shape index (κ3) is 3.50. The first kappa shape index (κ1) is 27.7. The lowest BCUT2D eigenvalue weighted by atomic mass is 9.43. The molecule has 0 aromatic heterocycles. The summed E-state index contributed by atoms with van der Waals surface area (Å²) in [7, 11) is 0. The number of benzene rings is 2. The third-order valence-electron chi connectivity index (χ3n) is 9.51. The maximum absolute atomic E-state index is 14.2. The van der Waals surface area contributed by atoms with Crippen LogP contribution < -0.4 is 9.80 Å². The molecule has 2 aliphatic heterocycles. The van der Waals surface area contributed by atoms with Crippen LogP contribution in [0.4, 0.5) is 11.4 Å². The van der Waals surface area contributed by atoms with Crippen molar-refractivity contribution in [1.29, 1.82) is 0 Å². The Morgan fingerprint density at radius 3 is 1.61 bits per heavy atom. The highest BCUT2D eigenvalue weighted by molar-refractivity contribution is 6.33. The number of nitrogens with zero attached hydrogens (tertiary/aromatic N) is 2. The van der Waals surface area contributed by atoms with Crippen molar-refractivity contribution in [3.05, 3.63) is 68.7 Å². The molecule has 1 saturated carbocycles. The Morgan fingerprint density at radius 1 is 0.780 bits per heavy atom. The second-order valence-electron chi connectivity index (χ2n) is 11.5. The number of aryl methyl sites for hydroxylation is 2. The van der Waals surface area contributed by atoms with E-state index < -0.39 is 64.6 Å². The summed E-state index contributed by atoms with van der Waals surface area (Å²) >= 11 is 12.7. The van der Waals surface area contributed by atoms with Crippen LogP contribution in [-0.2, 0) is 28.7 Å². The van der Waals surface area contributed by atoms with Crippen molar-refractivity contribution in [3.8, 4) is 0 Å². The molecule has 212 valence electrons. The highest BCUT2D eigenvalue weighted by Gasteiger charge is 2.77. The standard InChI is InChI=1S/C31H28Cl2N2O6/c1-6-41-30(40)23-15(4)20-21-24(28(38)34(26(21)36)16-9-7-13(2)18(32)11-16)31(23,5)25-22(20)27(37)35(29(25)39)17-10-8-14(3)19(33)12-17/h7-12,20-22,24-25H,6H2,1-5H3/t20?,21-,22-,24+,25+,31?/m0/s1. The van der Waals surface area contributed by atoms with Crippen LogP contribution in [0.15, 0.2) is 47.5 Å². The van der Waals surface area contributed by atoms with Crippen LogP contribution in [0, 0.1) is 48.9 Å². The molecule has 3 fully saturated rings. The molecular weight excluding hydrogens is 567 g/mol. The van der Waals surface area contributed by atoms with Crippen LogP contribution in [-0.4, -0.2) is 36.2 Å². The zero-order valence-corrected chi connectivity index (χ0v) is 24.7. The molecule has 7 rings (SSSR count). The summed E-state index contributed by atoms with van der Waals surface area (Å²) in [6, 6.07) is 9.84. The summed E-state index contributed by atoms with van der Waals surface area (Å²) in [5.74, 6) is -7.50.